The van der Waals surface area contributed by atoms with Gasteiger partial charge in [0.2, 0.25) is 0 Å². The number of allylic oxidation sites excluding steroid dienone is 2. The quantitative estimate of drug-likeness (QED) is 0.577. The number of rotatable bonds is 3. The van der Waals surface area contributed by atoms with Crippen molar-refractivity contribution < 1.29 is 0 Å². The average molecular weight is 218 g/mol. The molecule has 2 atom stereocenters. The van der Waals surface area contributed by atoms with Gasteiger partial charge in [-0.2, -0.15) is 0 Å². The first-order valence-electron chi connectivity index (χ1n) is 7.09. The van der Waals surface area contributed by atoms with Crippen molar-refractivity contribution in [2.45, 2.75) is 57.8 Å². The summed E-state index contributed by atoms with van der Waals surface area (Å²) < 4.78 is 0. The van der Waals surface area contributed by atoms with Crippen LogP contribution in [0.2, 0.25) is 0 Å². The van der Waals surface area contributed by atoms with Crippen LogP contribution in [0.5, 0.6) is 0 Å². The van der Waals surface area contributed by atoms with E-state index in [1.807, 2.05) is 0 Å². The van der Waals surface area contributed by atoms with E-state index in [0.29, 0.717) is 11.3 Å². The van der Waals surface area contributed by atoms with Crippen LogP contribution in [0.3, 0.4) is 0 Å². The highest BCUT2D eigenvalue weighted by molar-refractivity contribution is 5.09. The van der Waals surface area contributed by atoms with Crippen LogP contribution in [0.25, 0.3) is 0 Å². The molecule has 0 nitrogen and oxygen atoms in total. The molecule has 0 N–H and O–H groups in total. The monoisotopic (exact) mass is 218 g/mol. The summed E-state index contributed by atoms with van der Waals surface area (Å²) in [4.78, 5) is 0. The van der Waals surface area contributed by atoms with Gasteiger partial charge in [-0.3, -0.25) is 0 Å². The van der Waals surface area contributed by atoms with Crippen molar-refractivity contribution in [1.82, 2.24) is 0 Å². The molecule has 0 aromatic heterocycles. The van der Waals surface area contributed by atoms with Gasteiger partial charge in [0.25, 0.3) is 0 Å². The van der Waals surface area contributed by atoms with Crippen molar-refractivity contribution in [1.29, 1.82) is 0 Å². The summed E-state index contributed by atoms with van der Waals surface area (Å²) in [5.41, 5.74) is 0.403. The van der Waals surface area contributed by atoms with Gasteiger partial charge < -0.3 is 0 Å². The second-order valence-electron chi connectivity index (χ2n) is 5.74. The molecular weight excluding hydrogens is 192 g/mol. The molecule has 2 aliphatic rings. The number of hydrogen-bond donors (Lipinski definition) is 0. The van der Waals surface area contributed by atoms with Crippen LogP contribution in [0.1, 0.15) is 57.8 Å². The summed E-state index contributed by atoms with van der Waals surface area (Å²) in [6, 6.07) is 0. The molecule has 0 heterocycles. The first kappa shape index (κ1) is 12.0. The Kier molecular flexibility index (Phi) is 3.89. The topological polar surface area (TPSA) is 0 Å². The first-order valence-corrected chi connectivity index (χ1v) is 7.09. The minimum absolute atomic E-state index is 0.403. The van der Waals surface area contributed by atoms with Crippen molar-refractivity contribution in [2.75, 3.05) is 0 Å². The van der Waals surface area contributed by atoms with Crippen LogP contribution in [0.15, 0.2) is 25.3 Å². The third-order valence-corrected chi connectivity index (χ3v) is 5.10. The summed E-state index contributed by atoms with van der Waals surface area (Å²) in [5, 5.41) is 0. The van der Waals surface area contributed by atoms with E-state index in [4.69, 9.17) is 0 Å². The Morgan fingerprint density at radius 2 is 1.56 bits per heavy atom. The SMILES string of the molecule is C=CC1CCCCC1(C=C)C1CCCCC1. The van der Waals surface area contributed by atoms with Crippen molar-refractivity contribution in [2.24, 2.45) is 17.3 Å². The Balaban J connectivity index is 2.19. The molecule has 0 aromatic carbocycles. The second kappa shape index (κ2) is 5.21. The lowest BCUT2D eigenvalue weighted by Gasteiger charge is -2.48. The second-order valence-corrected chi connectivity index (χ2v) is 5.74. The Labute approximate surface area is 101 Å². The van der Waals surface area contributed by atoms with E-state index in [1.165, 1.54) is 57.8 Å². The van der Waals surface area contributed by atoms with Crippen molar-refractivity contribution >= 4 is 0 Å². The lowest BCUT2D eigenvalue weighted by Crippen LogP contribution is -2.39. The highest BCUT2D eigenvalue weighted by Crippen LogP contribution is 2.52. The molecule has 0 radical (unpaired) electrons. The molecule has 0 aliphatic heterocycles. The Bertz CT molecular complexity index is 247. The van der Waals surface area contributed by atoms with Crippen LogP contribution in [0.4, 0.5) is 0 Å². The van der Waals surface area contributed by atoms with Gasteiger partial charge in [0.15, 0.2) is 0 Å². The van der Waals surface area contributed by atoms with E-state index < -0.39 is 0 Å². The first-order chi connectivity index (χ1) is 7.83. The molecule has 2 fully saturated rings. The maximum Gasteiger partial charge on any atom is -0.00301 e. The van der Waals surface area contributed by atoms with E-state index in [1.54, 1.807) is 0 Å². The van der Waals surface area contributed by atoms with Crippen molar-refractivity contribution in [3.8, 4) is 0 Å². The van der Waals surface area contributed by atoms with Gasteiger partial charge >= 0.3 is 0 Å². The zero-order valence-electron chi connectivity index (χ0n) is 10.6. The molecular formula is C16H26. The summed E-state index contributed by atoms with van der Waals surface area (Å²) in [5.74, 6) is 1.59. The molecule has 16 heavy (non-hydrogen) atoms. The zero-order valence-corrected chi connectivity index (χ0v) is 10.6. The molecule has 0 spiro atoms. The van der Waals surface area contributed by atoms with Crippen LogP contribution >= 0.6 is 0 Å². The third kappa shape index (κ3) is 1.99. The third-order valence-electron chi connectivity index (χ3n) is 5.10. The van der Waals surface area contributed by atoms with Gasteiger partial charge in [-0.05, 0) is 42.9 Å². The van der Waals surface area contributed by atoms with Crippen LogP contribution in [0, 0.1) is 17.3 Å². The van der Waals surface area contributed by atoms with E-state index in [-0.39, 0.29) is 0 Å². The van der Waals surface area contributed by atoms with Crippen molar-refractivity contribution in [3.63, 3.8) is 0 Å². The summed E-state index contributed by atoms with van der Waals surface area (Å²) in [6.07, 6.45) is 17.2. The lowest BCUT2D eigenvalue weighted by atomic mass is 9.57. The fourth-order valence-corrected chi connectivity index (χ4v) is 4.15. The van der Waals surface area contributed by atoms with E-state index in [2.05, 4.69) is 25.3 Å². The predicted octanol–water partition coefficient (Wildman–Crippen LogP) is 5.12. The number of hydrogen-bond acceptors (Lipinski definition) is 0. The Morgan fingerprint density at radius 3 is 2.19 bits per heavy atom. The largest absolute Gasteiger partial charge is 0.103 e. The average Bonchev–Trinajstić information content (AvgIpc) is 2.39. The van der Waals surface area contributed by atoms with Gasteiger partial charge in [-0.25, -0.2) is 0 Å². The highest BCUT2D eigenvalue weighted by atomic mass is 14.5. The molecule has 0 aromatic rings. The maximum absolute atomic E-state index is 4.18. The molecule has 2 rings (SSSR count). The molecule has 0 saturated heterocycles. The minimum Gasteiger partial charge on any atom is -0.103 e. The normalized spacial score (nSPS) is 36.9. The van der Waals surface area contributed by atoms with Gasteiger partial charge in [0, 0.05) is 0 Å². The zero-order chi connectivity index (χ0) is 11.4. The van der Waals surface area contributed by atoms with Crippen molar-refractivity contribution in [3.05, 3.63) is 25.3 Å². The summed E-state index contributed by atoms with van der Waals surface area (Å²) in [7, 11) is 0. The molecule has 90 valence electrons. The molecule has 0 amide bonds. The molecule has 2 unspecified atom stereocenters. The maximum atomic E-state index is 4.18. The smallest absolute Gasteiger partial charge is 0.00301 e. The Hall–Kier alpha value is -0.520. The Morgan fingerprint density at radius 1 is 0.875 bits per heavy atom. The fraction of sp³-hybridized carbons (Fsp3) is 0.750. The van der Waals surface area contributed by atoms with Gasteiger partial charge in [-0.15, -0.1) is 13.2 Å². The van der Waals surface area contributed by atoms with Gasteiger partial charge in [0.05, 0.1) is 0 Å². The molecule has 0 heteroatoms. The fourth-order valence-electron chi connectivity index (χ4n) is 4.15. The highest BCUT2D eigenvalue weighted by Gasteiger charge is 2.42. The molecule has 0 bridgehead atoms. The summed E-state index contributed by atoms with van der Waals surface area (Å²) in [6.45, 7) is 8.26. The molecule has 2 aliphatic carbocycles. The lowest BCUT2D eigenvalue weighted by molar-refractivity contribution is 0.0773. The van der Waals surface area contributed by atoms with Gasteiger partial charge in [-0.1, -0.05) is 44.3 Å². The minimum atomic E-state index is 0.403. The van der Waals surface area contributed by atoms with Crippen LogP contribution in [-0.4, -0.2) is 0 Å². The van der Waals surface area contributed by atoms with Gasteiger partial charge in [0.1, 0.15) is 0 Å². The molecule has 2 saturated carbocycles. The van der Waals surface area contributed by atoms with E-state index in [0.717, 1.165) is 5.92 Å². The van der Waals surface area contributed by atoms with E-state index in [9.17, 15) is 0 Å². The van der Waals surface area contributed by atoms with E-state index >= 15 is 0 Å². The van der Waals surface area contributed by atoms with Crippen LogP contribution in [-0.2, 0) is 0 Å². The standard InChI is InChI=1S/C16H26/c1-3-14-10-8-9-13-16(14,4-2)15-11-6-5-7-12-15/h3-4,14-15H,1-2,5-13H2. The predicted molar refractivity (Wildman–Crippen MR) is 71.4 cm³/mol. The van der Waals surface area contributed by atoms with Crippen LogP contribution < -0.4 is 0 Å². The summed E-state index contributed by atoms with van der Waals surface area (Å²) >= 11 is 0.